The molecule has 2 aromatic heterocycles. The molecule has 0 amide bonds. The minimum absolute atomic E-state index is 0.223. The van der Waals surface area contributed by atoms with Gasteiger partial charge in [0.2, 0.25) is 5.82 Å². The number of halogens is 2. The highest BCUT2D eigenvalue weighted by atomic mass is 35.5. The van der Waals surface area contributed by atoms with Crippen LogP contribution in [0.3, 0.4) is 0 Å². The van der Waals surface area contributed by atoms with Crippen molar-refractivity contribution in [1.82, 2.24) is 25.2 Å². The quantitative estimate of drug-likeness (QED) is 0.728. The number of aromatic nitrogens is 5. The molecule has 0 bridgehead atoms. The molecule has 100 valence electrons. The highest BCUT2D eigenvalue weighted by molar-refractivity contribution is 6.30. The normalized spacial score (nSPS) is 10.8. The lowest BCUT2D eigenvalue weighted by Gasteiger charge is -2.07. The summed E-state index contributed by atoms with van der Waals surface area (Å²) in [5.41, 5.74) is 1.59. The van der Waals surface area contributed by atoms with E-state index in [-0.39, 0.29) is 11.4 Å². The minimum Gasteiger partial charge on any atom is -0.263 e. The molecule has 3 aromatic rings. The van der Waals surface area contributed by atoms with Crippen molar-refractivity contribution in [2.24, 2.45) is 7.05 Å². The summed E-state index contributed by atoms with van der Waals surface area (Å²) in [7, 11) is 1.62. The fourth-order valence-corrected chi connectivity index (χ4v) is 2.11. The lowest BCUT2D eigenvalue weighted by Crippen LogP contribution is -1.94. The van der Waals surface area contributed by atoms with E-state index in [1.165, 1.54) is 17.1 Å². The van der Waals surface area contributed by atoms with Gasteiger partial charge in [-0.15, -0.1) is 10.2 Å². The van der Waals surface area contributed by atoms with E-state index < -0.39 is 5.82 Å². The average Bonchev–Trinajstić information content (AvgIpc) is 2.85. The molecule has 2 heterocycles. The summed E-state index contributed by atoms with van der Waals surface area (Å²) in [5, 5.41) is 12.1. The van der Waals surface area contributed by atoms with Crippen molar-refractivity contribution in [3.63, 3.8) is 0 Å². The number of pyridine rings is 1. The summed E-state index contributed by atoms with van der Waals surface area (Å²) in [6.45, 7) is 0. The number of hydrogen-bond donors (Lipinski definition) is 0. The van der Waals surface area contributed by atoms with Crippen molar-refractivity contribution in [3.05, 3.63) is 47.5 Å². The van der Waals surface area contributed by atoms with Gasteiger partial charge in [-0.25, -0.2) is 4.39 Å². The molecule has 5 nitrogen and oxygen atoms in total. The lowest BCUT2D eigenvalue weighted by molar-refractivity contribution is 0.625. The van der Waals surface area contributed by atoms with Crippen LogP contribution in [0.2, 0.25) is 5.02 Å². The van der Waals surface area contributed by atoms with Gasteiger partial charge in [0.25, 0.3) is 0 Å². The third kappa shape index (κ3) is 2.25. The number of nitrogens with zero attached hydrogens (tertiary/aromatic N) is 5. The Labute approximate surface area is 119 Å². The zero-order chi connectivity index (χ0) is 14.1. The van der Waals surface area contributed by atoms with Crippen LogP contribution in [0.1, 0.15) is 0 Å². The van der Waals surface area contributed by atoms with Crippen molar-refractivity contribution >= 4 is 11.6 Å². The molecule has 7 heteroatoms. The predicted molar refractivity (Wildman–Crippen MR) is 72.4 cm³/mol. The summed E-state index contributed by atoms with van der Waals surface area (Å²) in [4.78, 5) is 5.29. The summed E-state index contributed by atoms with van der Waals surface area (Å²) in [6, 6.07) is 6.45. The second kappa shape index (κ2) is 4.97. The van der Waals surface area contributed by atoms with Gasteiger partial charge in [0.1, 0.15) is 5.82 Å². The van der Waals surface area contributed by atoms with Crippen molar-refractivity contribution in [3.8, 4) is 22.5 Å². The van der Waals surface area contributed by atoms with E-state index in [1.807, 2.05) is 0 Å². The van der Waals surface area contributed by atoms with Crippen LogP contribution in [0.15, 0.2) is 36.7 Å². The molecule has 0 radical (unpaired) electrons. The molecular weight excluding hydrogens is 281 g/mol. The van der Waals surface area contributed by atoms with Gasteiger partial charge >= 0.3 is 0 Å². The van der Waals surface area contributed by atoms with Gasteiger partial charge in [-0.3, -0.25) is 4.98 Å². The van der Waals surface area contributed by atoms with E-state index in [2.05, 4.69) is 20.4 Å². The SMILES string of the molecule is Cn1nnc(-c2c(F)cccc2-c2cncc(Cl)c2)n1. The molecule has 20 heavy (non-hydrogen) atoms. The third-order valence-electron chi connectivity index (χ3n) is 2.76. The summed E-state index contributed by atoms with van der Waals surface area (Å²) < 4.78 is 14.2. The maximum absolute atomic E-state index is 14.2. The van der Waals surface area contributed by atoms with E-state index in [1.54, 1.807) is 31.4 Å². The van der Waals surface area contributed by atoms with Crippen LogP contribution >= 0.6 is 11.6 Å². The fraction of sp³-hybridized carbons (Fsp3) is 0.0769. The molecule has 0 saturated carbocycles. The third-order valence-corrected chi connectivity index (χ3v) is 2.97. The van der Waals surface area contributed by atoms with Crippen LogP contribution in [0, 0.1) is 5.82 Å². The molecule has 0 aliphatic carbocycles. The molecule has 0 spiro atoms. The van der Waals surface area contributed by atoms with Gasteiger partial charge in [0, 0.05) is 18.0 Å². The predicted octanol–water partition coefficient (Wildman–Crippen LogP) is 2.73. The van der Waals surface area contributed by atoms with E-state index in [0.717, 1.165) is 0 Å². The number of aryl methyl sites for hydroxylation is 1. The smallest absolute Gasteiger partial charge is 0.208 e. The molecule has 0 aliphatic rings. The molecule has 1 aromatic carbocycles. The Kier molecular flexibility index (Phi) is 3.15. The second-order valence-corrected chi connectivity index (χ2v) is 4.59. The Morgan fingerprint density at radius 1 is 1.25 bits per heavy atom. The summed E-state index contributed by atoms with van der Waals surface area (Å²) in [6.07, 6.45) is 3.13. The highest BCUT2D eigenvalue weighted by Gasteiger charge is 2.17. The molecule has 0 N–H and O–H groups in total. The van der Waals surface area contributed by atoms with Crippen molar-refractivity contribution in [2.45, 2.75) is 0 Å². The highest BCUT2D eigenvalue weighted by Crippen LogP contribution is 2.32. The first-order valence-corrected chi connectivity index (χ1v) is 6.17. The molecule has 0 atom stereocenters. The van der Waals surface area contributed by atoms with Crippen LogP contribution in [0.5, 0.6) is 0 Å². The second-order valence-electron chi connectivity index (χ2n) is 4.16. The molecule has 0 unspecified atom stereocenters. The van der Waals surface area contributed by atoms with Crippen LogP contribution in [0.25, 0.3) is 22.5 Å². The van der Waals surface area contributed by atoms with Gasteiger partial charge < -0.3 is 0 Å². The van der Waals surface area contributed by atoms with Gasteiger partial charge in [-0.2, -0.15) is 4.80 Å². The maximum atomic E-state index is 14.2. The molecule has 3 rings (SSSR count). The Balaban J connectivity index is 2.24. The van der Waals surface area contributed by atoms with E-state index in [0.29, 0.717) is 16.1 Å². The zero-order valence-corrected chi connectivity index (χ0v) is 11.2. The van der Waals surface area contributed by atoms with Gasteiger partial charge in [-0.05, 0) is 22.9 Å². The first-order valence-electron chi connectivity index (χ1n) is 5.79. The van der Waals surface area contributed by atoms with E-state index >= 15 is 0 Å². The molecular formula is C13H9ClFN5. The van der Waals surface area contributed by atoms with Gasteiger partial charge in [-0.1, -0.05) is 23.7 Å². The Morgan fingerprint density at radius 3 is 2.80 bits per heavy atom. The lowest BCUT2D eigenvalue weighted by atomic mass is 10.0. The zero-order valence-electron chi connectivity index (χ0n) is 10.5. The van der Waals surface area contributed by atoms with Gasteiger partial charge in [0.15, 0.2) is 0 Å². The number of benzene rings is 1. The average molecular weight is 290 g/mol. The molecule has 0 fully saturated rings. The summed E-state index contributed by atoms with van der Waals surface area (Å²) in [5.74, 6) is -0.198. The number of tetrazole rings is 1. The van der Waals surface area contributed by atoms with Crippen molar-refractivity contribution in [1.29, 1.82) is 0 Å². The molecule has 0 saturated heterocycles. The van der Waals surface area contributed by atoms with Crippen molar-refractivity contribution < 1.29 is 4.39 Å². The van der Waals surface area contributed by atoms with Gasteiger partial charge in [0.05, 0.1) is 17.6 Å². The van der Waals surface area contributed by atoms with Crippen molar-refractivity contribution in [2.75, 3.05) is 0 Å². The monoisotopic (exact) mass is 289 g/mol. The van der Waals surface area contributed by atoms with Crippen LogP contribution in [-0.4, -0.2) is 25.2 Å². The number of hydrogen-bond acceptors (Lipinski definition) is 4. The molecule has 0 aliphatic heterocycles. The Hall–Kier alpha value is -2.34. The maximum Gasteiger partial charge on any atom is 0.208 e. The Bertz CT molecular complexity index is 771. The summed E-state index contributed by atoms with van der Waals surface area (Å²) >= 11 is 5.93. The van der Waals surface area contributed by atoms with E-state index in [9.17, 15) is 4.39 Å². The standard InChI is InChI=1S/C13H9ClFN5/c1-20-18-13(17-19-20)12-10(3-2-4-11(12)15)8-5-9(14)7-16-6-8/h2-7H,1H3. The topological polar surface area (TPSA) is 56.5 Å². The van der Waals surface area contributed by atoms with Crippen LogP contribution in [-0.2, 0) is 7.05 Å². The largest absolute Gasteiger partial charge is 0.263 e. The van der Waals surface area contributed by atoms with Crippen LogP contribution < -0.4 is 0 Å². The fourth-order valence-electron chi connectivity index (χ4n) is 1.94. The number of rotatable bonds is 2. The van der Waals surface area contributed by atoms with Crippen LogP contribution in [0.4, 0.5) is 4.39 Å². The van der Waals surface area contributed by atoms with E-state index in [4.69, 9.17) is 11.6 Å². The first kappa shape index (κ1) is 12.7. The Morgan fingerprint density at radius 2 is 2.10 bits per heavy atom. The minimum atomic E-state index is -0.421. The first-order chi connectivity index (χ1) is 9.65.